The zero-order chi connectivity index (χ0) is 10.4. The summed E-state index contributed by atoms with van der Waals surface area (Å²) in [6, 6.07) is 0. The number of amides is 2. The lowest BCUT2D eigenvalue weighted by molar-refractivity contribution is -0.126. The van der Waals surface area contributed by atoms with Crippen LogP contribution in [0.2, 0.25) is 0 Å². The average molecular weight is 203 g/mol. The standard InChI is InChI=1S/C7H13N3O2S/c1-4(6(8)13)7(12)10-3-5(11)9-2/h4H,3H2,1-2H3,(H2,8,13)(H,9,11)(H,10,12). The Morgan fingerprint density at radius 1 is 1.54 bits per heavy atom. The van der Waals surface area contributed by atoms with Crippen LogP contribution < -0.4 is 16.4 Å². The van der Waals surface area contributed by atoms with Crippen LogP contribution >= 0.6 is 12.2 Å². The molecule has 0 fully saturated rings. The molecule has 6 heteroatoms. The van der Waals surface area contributed by atoms with Crippen molar-refractivity contribution < 1.29 is 9.59 Å². The Kier molecular flexibility index (Phi) is 4.98. The number of hydrogen-bond donors (Lipinski definition) is 3. The van der Waals surface area contributed by atoms with E-state index < -0.39 is 5.92 Å². The predicted molar refractivity (Wildman–Crippen MR) is 53.0 cm³/mol. The fraction of sp³-hybridized carbons (Fsp3) is 0.571. The van der Waals surface area contributed by atoms with Crippen molar-refractivity contribution in [2.75, 3.05) is 13.6 Å². The summed E-state index contributed by atoms with van der Waals surface area (Å²) in [7, 11) is 1.49. The molecule has 0 aromatic carbocycles. The summed E-state index contributed by atoms with van der Waals surface area (Å²) < 4.78 is 0. The van der Waals surface area contributed by atoms with Gasteiger partial charge in [-0.1, -0.05) is 12.2 Å². The summed E-state index contributed by atoms with van der Waals surface area (Å²) in [5, 5.41) is 4.77. The minimum atomic E-state index is -0.542. The maximum Gasteiger partial charge on any atom is 0.239 e. The minimum absolute atomic E-state index is 0.0533. The maximum absolute atomic E-state index is 11.1. The van der Waals surface area contributed by atoms with Crippen molar-refractivity contribution in [2.45, 2.75) is 6.92 Å². The van der Waals surface area contributed by atoms with Gasteiger partial charge in [-0.05, 0) is 6.92 Å². The van der Waals surface area contributed by atoms with Crippen molar-refractivity contribution >= 4 is 29.0 Å². The monoisotopic (exact) mass is 203 g/mol. The number of rotatable bonds is 4. The topological polar surface area (TPSA) is 84.2 Å². The summed E-state index contributed by atoms with van der Waals surface area (Å²) in [6.07, 6.45) is 0. The van der Waals surface area contributed by atoms with Gasteiger partial charge in [0, 0.05) is 7.05 Å². The van der Waals surface area contributed by atoms with Crippen LogP contribution in [0.1, 0.15) is 6.92 Å². The molecule has 0 aromatic rings. The third-order valence-electron chi connectivity index (χ3n) is 1.52. The van der Waals surface area contributed by atoms with Crippen LogP contribution in [-0.4, -0.2) is 30.4 Å². The molecule has 0 saturated heterocycles. The SMILES string of the molecule is CNC(=O)CNC(=O)C(C)C(N)=S. The molecule has 0 aliphatic heterocycles. The molecule has 2 amide bonds. The number of thiocarbonyl (C=S) groups is 1. The van der Waals surface area contributed by atoms with Gasteiger partial charge < -0.3 is 16.4 Å². The third kappa shape index (κ3) is 4.41. The molecule has 0 aliphatic rings. The Morgan fingerprint density at radius 3 is 2.46 bits per heavy atom. The van der Waals surface area contributed by atoms with E-state index in [0.29, 0.717) is 0 Å². The first kappa shape index (κ1) is 11.8. The molecule has 4 N–H and O–H groups in total. The summed E-state index contributed by atoms with van der Waals surface area (Å²) in [5.74, 6) is -1.14. The molecule has 0 saturated carbocycles. The maximum atomic E-state index is 11.1. The lowest BCUT2D eigenvalue weighted by Gasteiger charge is -2.09. The van der Waals surface area contributed by atoms with Crippen molar-refractivity contribution in [1.29, 1.82) is 0 Å². The average Bonchev–Trinajstić information content (AvgIpc) is 2.11. The summed E-state index contributed by atoms with van der Waals surface area (Å²) in [5.41, 5.74) is 5.25. The fourth-order valence-corrected chi connectivity index (χ4v) is 0.645. The first-order chi connectivity index (χ1) is 5.99. The van der Waals surface area contributed by atoms with Crippen LogP contribution in [0.4, 0.5) is 0 Å². The molecule has 13 heavy (non-hydrogen) atoms. The lowest BCUT2D eigenvalue weighted by Crippen LogP contribution is -2.41. The van der Waals surface area contributed by atoms with Crippen molar-refractivity contribution in [1.82, 2.24) is 10.6 Å². The van der Waals surface area contributed by atoms with Crippen LogP contribution in [0, 0.1) is 5.92 Å². The van der Waals surface area contributed by atoms with Crippen molar-refractivity contribution in [2.24, 2.45) is 11.7 Å². The van der Waals surface area contributed by atoms with Crippen molar-refractivity contribution in [3.63, 3.8) is 0 Å². The molecule has 74 valence electrons. The van der Waals surface area contributed by atoms with Crippen molar-refractivity contribution in [3.05, 3.63) is 0 Å². The van der Waals surface area contributed by atoms with E-state index in [9.17, 15) is 9.59 Å². The quantitative estimate of drug-likeness (QED) is 0.500. The molecule has 0 radical (unpaired) electrons. The van der Waals surface area contributed by atoms with Gasteiger partial charge in [-0.3, -0.25) is 9.59 Å². The Hall–Kier alpha value is -1.17. The zero-order valence-corrected chi connectivity index (χ0v) is 8.40. The smallest absolute Gasteiger partial charge is 0.239 e. The predicted octanol–water partition coefficient (Wildman–Crippen LogP) is -1.23. The van der Waals surface area contributed by atoms with Gasteiger partial charge in [0.05, 0.1) is 17.5 Å². The third-order valence-corrected chi connectivity index (χ3v) is 1.88. The lowest BCUT2D eigenvalue weighted by atomic mass is 10.1. The highest BCUT2D eigenvalue weighted by Gasteiger charge is 2.15. The van der Waals surface area contributed by atoms with Crippen LogP contribution in [0.15, 0.2) is 0 Å². The Morgan fingerprint density at radius 2 is 2.08 bits per heavy atom. The van der Waals surface area contributed by atoms with E-state index in [2.05, 4.69) is 22.9 Å². The zero-order valence-electron chi connectivity index (χ0n) is 7.59. The van der Waals surface area contributed by atoms with Gasteiger partial charge in [0.2, 0.25) is 11.8 Å². The van der Waals surface area contributed by atoms with Crippen molar-refractivity contribution in [3.8, 4) is 0 Å². The molecule has 5 nitrogen and oxygen atoms in total. The largest absolute Gasteiger partial charge is 0.393 e. The molecular weight excluding hydrogens is 190 g/mol. The number of carbonyl (C=O) groups excluding carboxylic acids is 2. The van der Waals surface area contributed by atoms with E-state index in [-0.39, 0.29) is 23.3 Å². The van der Waals surface area contributed by atoms with E-state index >= 15 is 0 Å². The Labute approximate surface area is 82.1 Å². The molecule has 0 heterocycles. The second-order valence-corrected chi connectivity index (χ2v) is 2.99. The highest BCUT2D eigenvalue weighted by Crippen LogP contribution is 1.93. The van der Waals surface area contributed by atoms with Gasteiger partial charge in [0.15, 0.2) is 0 Å². The first-order valence-electron chi connectivity index (χ1n) is 3.76. The van der Waals surface area contributed by atoms with Crippen LogP contribution in [0.5, 0.6) is 0 Å². The van der Waals surface area contributed by atoms with Gasteiger partial charge in [-0.2, -0.15) is 0 Å². The van der Waals surface area contributed by atoms with E-state index in [1.165, 1.54) is 7.05 Å². The Bertz CT molecular complexity index is 230. The van der Waals surface area contributed by atoms with E-state index in [1.807, 2.05) is 0 Å². The molecule has 0 spiro atoms. The molecule has 0 aliphatic carbocycles. The van der Waals surface area contributed by atoms with Crippen LogP contribution in [0.3, 0.4) is 0 Å². The number of nitrogens with two attached hydrogens (primary N) is 1. The van der Waals surface area contributed by atoms with Gasteiger partial charge >= 0.3 is 0 Å². The number of nitrogens with one attached hydrogen (secondary N) is 2. The van der Waals surface area contributed by atoms with Gasteiger partial charge in [0.1, 0.15) is 0 Å². The highest BCUT2D eigenvalue weighted by molar-refractivity contribution is 7.80. The van der Waals surface area contributed by atoms with Gasteiger partial charge in [-0.25, -0.2) is 0 Å². The summed E-state index contributed by atoms with van der Waals surface area (Å²) in [6.45, 7) is 1.53. The normalized spacial score (nSPS) is 11.5. The van der Waals surface area contributed by atoms with E-state index in [0.717, 1.165) is 0 Å². The molecule has 0 bridgehead atoms. The van der Waals surface area contributed by atoms with E-state index in [4.69, 9.17) is 5.73 Å². The number of hydrogen-bond acceptors (Lipinski definition) is 3. The highest BCUT2D eigenvalue weighted by atomic mass is 32.1. The summed E-state index contributed by atoms with van der Waals surface area (Å²) in [4.78, 5) is 22.0. The minimum Gasteiger partial charge on any atom is -0.393 e. The van der Waals surface area contributed by atoms with Gasteiger partial charge in [0.25, 0.3) is 0 Å². The Balaban J connectivity index is 3.88. The summed E-state index contributed by atoms with van der Waals surface area (Å²) >= 11 is 4.62. The molecule has 0 rings (SSSR count). The molecule has 1 unspecified atom stereocenters. The molecular formula is C7H13N3O2S. The fourth-order valence-electron chi connectivity index (χ4n) is 0.538. The van der Waals surface area contributed by atoms with Gasteiger partial charge in [-0.15, -0.1) is 0 Å². The molecule has 1 atom stereocenters. The van der Waals surface area contributed by atoms with Crippen LogP contribution in [0.25, 0.3) is 0 Å². The second-order valence-electron chi connectivity index (χ2n) is 2.52. The number of likely N-dealkylation sites (N-methyl/N-ethyl adjacent to an activating group) is 1. The van der Waals surface area contributed by atoms with Crippen LogP contribution in [-0.2, 0) is 9.59 Å². The second kappa shape index (κ2) is 5.47. The van der Waals surface area contributed by atoms with E-state index in [1.54, 1.807) is 6.92 Å². The number of carbonyl (C=O) groups is 2. The molecule has 0 aromatic heterocycles. The first-order valence-corrected chi connectivity index (χ1v) is 4.17.